The Labute approximate surface area is 188 Å². The number of piperidine rings is 1. The Balaban J connectivity index is 1.31. The third-order valence-electron chi connectivity index (χ3n) is 6.12. The van der Waals surface area contributed by atoms with Crippen molar-refractivity contribution >= 4 is 17.7 Å². The summed E-state index contributed by atoms with van der Waals surface area (Å²) in [6.07, 6.45) is 4.13. The lowest BCUT2D eigenvalue weighted by Crippen LogP contribution is -2.44. The Morgan fingerprint density at radius 1 is 0.969 bits per heavy atom. The van der Waals surface area contributed by atoms with Crippen LogP contribution < -0.4 is 5.32 Å². The topological polar surface area (TPSA) is 69.7 Å². The number of benzene rings is 2. The number of fused-ring (bicyclic) bond motifs is 1. The molecule has 0 radical (unpaired) electrons. The Morgan fingerprint density at radius 2 is 1.56 bits per heavy atom. The number of allylic oxidation sites excluding steroid dienone is 1. The lowest BCUT2D eigenvalue weighted by Gasteiger charge is -2.31. The van der Waals surface area contributed by atoms with E-state index in [1.54, 1.807) is 48.5 Å². The van der Waals surface area contributed by atoms with E-state index in [-0.39, 0.29) is 30.3 Å². The summed E-state index contributed by atoms with van der Waals surface area (Å²) in [5.41, 5.74) is 3.61. The molecule has 1 N–H and O–H groups in total. The molecule has 2 aliphatic heterocycles. The minimum atomic E-state index is -0.275. The number of amides is 3. The van der Waals surface area contributed by atoms with Crippen LogP contribution >= 0.6 is 0 Å². The maximum Gasteiger partial charge on any atom is 0.261 e. The van der Waals surface area contributed by atoms with Crippen LogP contribution in [0.1, 0.15) is 63.3 Å². The van der Waals surface area contributed by atoms with Gasteiger partial charge in [0.25, 0.3) is 17.7 Å². The van der Waals surface area contributed by atoms with Crippen LogP contribution in [0.5, 0.6) is 0 Å². The van der Waals surface area contributed by atoms with Gasteiger partial charge in [0.2, 0.25) is 0 Å². The average molecular weight is 432 g/mol. The monoisotopic (exact) mass is 431 g/mol. The number of nitrogens with zero attached hydrogens (tertiary/aromatic N) is 2. The standard InChI is InChI=1S/C26H29N3O3/c1-18(2)11-14-28-15-12-21(13-16-28)27-24(30)20-9-7-19(8-10-20)17-29-25(31)22-5-3-4-6-23(22)26(29)32/h3-11,21H,12-17H2,1-2H3,(H,27,30). The predicted molar refractivity (Wildman–Crippen MR) is 123 cm³/mol. The normalized spacial score (nSPS) is 16.8. The van der Waals surface area contributed by atoms with Crippen molar-refractivity contribution in [2.75, 3.05) is 19.6 Å². The molecule has 0 saturated carbocycles. The molecule has 2 aliphatic rings. The van der Waals surface area contributed by atoms with E-state index in [0.29, 0.717) is 16.7 Å². The van der Waals surface area contributed by atoms with Crippen LogP contribution in [0.2, 0.25) is 0 Å². The van der Waals surface area contributed by atoms with Gasteiger partial charge in [0.15, 0.2) is 0 Å². The first-order valence-corrected chi connectivity index (χ1v) is 11.1. The molecule has 1 saturated heterocycles. The molecule has 2 aromatic carbocycles. The van der Waals surface area contributed by atoms with Crippen molar-refractivity contribution in [1.82, 2.24) is 15.1 Å². The van der Waals surface area contributed by atoms with Crippen LogP contribution in [-0.2, 0) is 6.54 Å². The van der Waals surface area contributed by atoms with E-state index in [1.807, 2.05) is 0 Å². The first-order valence-electron chi connectivity index (χ1n) is 11.1. The molecule has 1 fully saturated rings. The van der Waals surface area contributed by atoms with E-state index in [2.05, 4.69) is 30.1 Å². The summed E-state index contributed by atoms with van der Waals surface area (Å²) in [4.78, 5) is 41.4. The van der Waals surface area contributed by atoms with Crippen molar-refractivity contribution in [3.63, 3.8) is 0 Å². The molecule has 3 amide bonds. The van der Waals surface area contributed by atoms with E-state index >= 15 is 0 Å². The van der Waals surface area contributed by atoms with Crippen molar-refractivity contribution in [2.24, 2.45) is 0 Å². The van der Waals surface area contributed by atoms with Gasteiger partial charge in [0, 0.05) is 31.2 Å². The number of imide groups is 1. The molecule has 166 valence electrons. The fourth-order valence-electron chi connectivity index (χ4n) is 4.17. The van der Waals surface area contributed by atoms with E-state index in [0.717, 1.165) is 38.0 Å². The smallest absolute Gasteiger partial charge is 0.261 e. The number of carbonyl (C=O) groups is 3. The van der Waals surface area contributed by atoms with Gasteiger partial charge in [-0.1, -0.05) is 35.9 Å². The third-order valence-corrected chi connectivity index (χ3v) is 6.12. The number of carbonyl (C=O) groups excluding carboxylic acids is 3. The zero-order valence-corrected chi connectivity index (χ0v) is 18.6. The maximum absolute atomic E-state index is 12.7. The van der Waals surface area contributed by atoms with Gasteiger partial charge in [-0.05, 0) is 56.5 Å². The van der Waals surface area contributed by atoms with E-state index in [9.17, 15) is 14.4 Å². The number of hydrogen-bond donors (Lipinski definition) is 1. The second-order valence-corrected chi connectivity index (χ2v) is 8.77. The van der Waals surface area contributed by atoms with Gasteiger partial charge in [-0.15, -0.1) is 0 Å². The molecule has 0 aromatic heterocycles. The van der Waals surface area contributed by atoms with Crippen molar-refractivity contribution in [2.45, 2.75) is 39.3 Å². The number of nitrogens with one attached hydrogen (secondary N) is 1. The van der Waals surface area contributed by atoms with E-state index in [1.165, 1.54) is 10.5 Å². The number of likely N-dealkylation sites (tertiary alicyclic amines) is 1. The molecule has 0 unspecified atom stereocenters. The Hall–Kier alpha value is -3.25. The van der Waals surface area contributed by atoms with E-state index in [4.69, 9.17) is 0 Å². The molecule has 0 aliphatic carbocycles. The lowest BCUT2D eigenvalue weighted by molar-refractivity contribution is 0.0641. The van der Waals surface area contributed by atoms with Gasteiger partial charge in [-0.25, -0.2) is 0 Å². The highest BCUT2D eigenvalue weighted by atomic mass is 16.2. The van der Waals surface area contributed by atoms with Crippen LogP contribution in [0.15, 0.2) is 60.2 Å². The molecule has 0 bridgehead atoms. The van der Waals surface area contributed by atoms with Crippen molar-refractivity contribution in [1.29, 1.82) is 0 Å². The number of rotatable bonds is 6. The Kier molecular flexibility index (Phi) is 6.51. The molecular formula is C26H29N3O3. The first kappa shape index (κ1) is 22.0. The highest BCUT2D eigenvalue weighted by Gasteiger charge is 2.34. The Bertz CT molecular complexity index is 1010. The van der Waals surface area contributed by atoms with Crippen LogP contribution in [0.4, 0.5) is 0 Å². The molecule has 6 heteroatoms. The summed E-state index contributed by atoms with van der Waals surface area (Å²) >= 11 is 0. The quantitative estimate of drug-likeness (QED) is 0.560. The average Bonchev–Trinajstić information content (AvgIpc) is 3.04. The third kappa shape index (κ3) is 4.81. The van der Waals surface area contributed by atoms with Gasteiger partial charge in [0.05, 0.1) is 17.7 Å². The molecule has 4 rings (SSSR count). The summed E-state index contributed by atoms with van der Waals surface area (Å²) < 4.78 is 0. The zero-order valence-electron chi connectivity index (χ0n) is 18.6. The highest BCUT2D eigenvalue weighted by Crippen LogP contribution is 2.24. The first-order chi connectivity index (χ1) is 15.4. The molecule has 0 atom stereocenters. The summed E-state index contributed by atoms with van der Waals surface area (Å²) in [7, 11) is 0. The van der Waals surface area contributed by atoms with Gasteiger partial charge in [-0.2, -0.15) is 0 Å². The largest absolute Gasteiger partial charge is 0.349 e. The summed E-state index contributed by atoms with van der Waals surface area (Å²) in [5.74, 6) is -0.633. The van der Waals surface area contributed by atoms with Gasteiger partial charge >= 0.3 is 0 Å². The second-order valence-electron chi connectivity index (χ2n) is 8.77. The van der Waals surface area contributed by atoms with Gasteiger partial charge < -0.3 is 5.32 Å². The maximum atomic E-state index is 12.7. The summed E-state index contributed by atoms with van der Waals surface area (Å²) in [5, 5.41) is 3.14. The lowest BCUT2D eigenvalue weighted by atomic mass is 10.0. The predicted octanol–water partition coefficient (Wildman–Crippen LogP) is 3.64. The molecule has 2 heterocycles. The minimum absolute atomic E-state index is 0.0833. The molecule has 6 nitrogen and oxygen atoms in total. The van der Waals surface area contributed by atoms with E-state index < -0.39 is 0 Å². The molecular weight excluding hydrogens is 402 g/mol. The molecule has 0 spiro atoms. The van der Waals surface area contributed by atoms with Gasteiger partial charge in [-0.3, -0.25) is 24.2 Å². The van der Waals surface area contributed by atoms with Crippen molar-refractivity contribution in [3.8, 4) is 0 Å². The summed E-state index contributed by atoms with van der Waals surface area (Å²) in [6, 6.07) is 14.2. The van der Waals surface area contributed by atoms with Crippen LogP contribution in [0.3, 0.4) is 0 Å². The Morgan fingerprint density at radius 3 is 2.12 bits per heavy atom. The second kappa shape index (κ2) is 9.49. The van der Waals surface area contributed by atoms with Crippen molar-refractivity contribution < 1.29 is 14.4 Å². The fraction of sp³-hybridized carbons (Fsp3) is 0.346. The minimum Gasteiger partial charge on any atom is -0.349 e. The highest BCUT2D eigenvalue weighted by molar-refractivity contribution is 6.21. The van der Waals surface area contributed by atoms with Crippen LogP contribution in [-0.4, -0.2) is 53.2 Å². The molecule has 2 aromatic rings. The van der Waals surface area contributed by atoms with Crippen molar-refractivity contribution in [3.05, 3.63) is 82.4 Å². The number of hydrogen-bond acceptors (Lipinski definition) is 4. The fourth-order valence-corrected chi connectivity index (χ4v) is 4.17. The summed E-state index contributed by atoms with van der Waals surface area (Å²) in [6.45, 7) is 7.34. The van der Waals surface area contributed by atoms with Crippen LogP contribution in [0, 0.1) is 0 Å². The molecule has 32 heavy (non-hydrogen) atoms. The SMILES string of the molecule is CC(C)=CCN1CCC(NC(=O)c2ccc(CN3C(=O)c4ccccc4C3=O)cc2)CC1. The van der Waals surface area contributed by atoms with Gasteiger partial charge in [0.1, 0.15) is 0 Å². The zero-order chi connectivity index (χ0) is 22.7. The van der Waals surface area contributed by atoms with Crippen LogP contribution in [0.25, 0.3) is 0 Å².